The maximum atomic E-state index is 12.4. The molecule has 0 aliphatic carbocycles. The van der Waals surface area contributed by atoms with Crippen LogP contribution in [-0.4, -0.2) is 74.2 Å². The van der Waals surface area contributed by atoms with Crippen molar-refractivity contribution in [3.8, 4) is 0 Å². The van der Waals surface area contributed by atoms with Gasteiger partial charge in [0.15, 0.2) is 11.9 Å². The van der Waals surface area contributed by atoms with Crippen LogP contribution in [0.5, 0.6) is 0 Å². The number of amides is 3. The molecule has 0 unspecified atom stereocenters. The summed E-state index contributed by atoms with van der Waals surface area (Å²) in [4.78, 5) is 55.0. The predicted molar refractivity (Wildman–Crippen MR) is 121 cm³/mol. The van der Waals surface area contributed by atoms with Gasteiger partial charge in [-0.2, -0.15) is 0 Å². The molecule has 0 fully saturated rings. The van der Waals surface area contributed by atoms with E-state index in [0.717, 1.165) is 0 Å². The second-order valence-electron chi connectivity index (χ2n) is 6.91. The molecular formula is C18H36N10O4. The molecule has 0 aliphatic rings. The smallest absolute Gasteiger partial charge is 0.242 e. The summed E-state index contributed by atoms with van der Waals surface area (Å²) in [5.74, 6) is -1.31. The van der Waals surface area contributed by atoms with Crippen molar-refractivity contribution in [2.45, 2.75) is 50.6 Å². The maximum Gasteiger partial charge on any atom is 0.242 e. The van der Waals surface area contributed by atoms with Crippen LogP contribution in [0.4, 0.5) is 0 Å². The Morgan fingerprint density at radius 3 is 1.94 bits per heavy atom. The van der Waals surface area contributed by atoms with E-state index in [-0.39, 0.29) is 43.8 Å². The van der Waals surface area contributed by atoms with E-state index in [1.807, 2.05) is 0 Å². The zero-order valence-electron chi connectivity index (χ0n) is 18.2. The first-order valence-corrected chi connectivity index (χ1v) is 10.3. The van der Waals surface area contributed by atoms with E-state index in [9.17, 15) is 19.2 Å². The summed E-state index contributed by atoms with van der Waals surface area (Å²) in [6.45, 7) is 0.830. The number of guanidine groups is 2. The normalized spacial score (nSPS) is 12.0. The molecule has 182 valence electrons. The molecular weight excluding hydrogens is 420 g/mol. The van der Waals surface area contributed by atoms with Crippen molar-refractivity contribution < 1.29 is 19.2 Å². The molecule has 2 atom stereocenters. The van der Waals surface area contributed by atoms with Crippen molar-refractivity contribution in [2.24, 2.45) is 38.7 Å². The van der Waals surface area contributed by atoms with Gasteiger partial charge in [0.05, 0.1) is 6.04 Å². The number of hydrogen-bond acceptors (Lipinski definition) is 7. The molecule has 0 heterocycles. The lowest BCUT2D eigenvalue weighted by molar-refractivity contribution is -0.129. The van der Waals surface area contributed by atoms with E-state index < -0.39 is 23.9 Å². The second-order valence-corrected chi connectivity index (χ2v) is 6.91. The van der Waals surface area contributed by atoms with E-state index in [0.29, 0.717) is 45.1 Å². The monoisotopic (exact) mass is 456 g/mol. The highest BCUT2D eigenvalue weighted by atomic mass is 16.2. The van der Waals surface area contributed by atoms with Crippen LogP contribution in [0, 0.1) is 0 Å². The van der Waals surface area contributed by atoms with Crippen LogP contribution in [0.25, 0.3) is 0 Å². The molecule has 0 saturated carbocycles. The van der Waals surface area contributed by atoms with E-state index in [2.05, 4.69) is 25.9 Å². The van der Waals surface area contributed by atoms with Crippen LogP contribution >= 0.6 is 0 Å². The summed E-state index contributed by atoms with van der Waals surface area (Å²) in [5.41, 5.74) is 26.3. The molecule has 0 spiro atoms. The molecule has 32 heavy (non-hydrogen) atoms. The highest BCUT2D eigenvalue weighted by Gasteiger charge is 2.20. The summed E-state index contributed by atoms with van der Waals surface area (Å²) in [5, 5.41) is 7.77. The summed E-state index contributed by atoms with van der Waals surface area (Å²) in [6, 6.07) is -1.49. The zero-order valence-corrected chi connectivity index (χ0v) is 18.2. The zero-order chi connectivity index (χ0) is 24.4. The van der Waals surface area contributed by atoms with Crippen molar-refractivity contribution in [3.63, 3.8) is 0 Å². The molecule has 13 N–H and O–H groups in total. The molecule has 0 radical (unpaired) electrons. The van der Waals surface area contributed by atoms with Crippen LogP contribution in [-0.2, 0) is 19.2 Å². The minimum Gasteiger partial charge on any atom is -0.370 e. The number of nitrogens with two attached hydrogens (primary N) is 5. The minimum atomic E-state index is -0.815. The van der Waals surface area contributed by atoms with Crippen molar-refractivity contribution in [1.29, 1.82) is 0 Å². The number of carbonyl (C=O) groups excluding carboxylic acids is 4. The van der Waals surface area contributed by atoms with Crippen molar-refractivity contribution in [2.75, 3.05) is 26.2 Å². The topological polar surface area (TPSA) is 259 Å². The molecule has 14 nitrogen and oxygen atoms in total. The molecule has 3 amide bonds. The molecule has 0 aromatic carbocycles. The first kappa shape index (κ1) is 28.6. The highest BCUT2D eigenvalue weighted by Crippen LogP contribution is 2.00. The first-order valence-electron chi connectivity index (χ1n) is 10.3. The Bertz CT molecular complexity index is 660. The van der Waals surface area contributed by atoms with Crippen LogP contribution in [0.15, 0.2) is 9.98 Å². The van der Waals surface area contributed by atoms with Crippen LogP contribution < -0.4 is 44.6 Å². The minimum absolute atomic E-state index is 0.0292. The fourth-order valence-corrected chi connectivity index (χ4v) is 2.56. The van der Waals surface area contributed by atoms with Crippen LogP contribution in [0.3, 0.4) is 0 Å². The van der Waals surface area contributed by atoms with Gasteiger partial charge < -0.3 is 49.4 Å². The van der Waals surface area contributed by atoms with Gasteiger partial charge in [0.2, 0.25) is 17.7 Å². The van der Waals surface area contributed by atoms with Gasteiger partial charge >= 0.3 is 0 Å². The van der Waals surface area contributed by atoms with Crippen molar-refractivity contribution >= 4 is 35.9 Å². The number of rotatable bonds is 17. The summed E-state index contributed by atoms with van der Waals surface area (Å²) >= 11 is 0. The first-order chi connectivity index (χ1) is 15.2. The number of aldehydes is 1. The third kappa shape index (κ3) is 15.4. The molecule has 0 aromatic rings. The Hall–Kier alpha value is -3.42. The maximum absolute atomic E-state index is 12.4. The van der Waals surface area contributed by atoms with Gasteiger partial charge in [-0.25, -0.2) is 0 Å². The Morgan fingerprint density at radius 2 is 1.41 bits per heavy atom. The SMILES string of the molecule is NCCC(=O)N[C@H](CCCN=C(N)N)C(=O)NCCC(=O)N[C@@H](C=O)CCCN=C(N)N. The largest absolute Gasteiger partial charge is 0.370 e. The fourth-order valence-electron chi connectivity index (χ4n) is 2.56. The van der Waals surface area contributed by atoms with Crippen LogP contribution in [0.2, 0.25) is 0 Å². The Labute approximate surface area is 187 Å². The highest BCUT2D eigenvalue weighted by molar-refractivity contribution is 5.88. The quantitative estimate of drug-likeness (QED) is 0.0459. The Kier molecular flexibility index (Phi) is 15.4. The Balaban J connectivity index is 4.50. The Morgan fingerprint density at radius 1 is 0.844 bits per heavy atom. The van der Waals surface area contributed by atoms with E-state index in [1.165, 1.54) is 0 Å². The lowest BCUT2D eigenvalue weighted by Crippen LogP contribution is -2.48. The number of nitrogens with one attached hydrogen (secondary N) is 3. The summed E-state index contributed by atoms with van der Waals surface area (Å²) < 4.78 is 0. The van der Waals surface area contributed by atoms with Crippen LogP contribution in [0.1, 0.15) is 38.5 Å². The van der Waals surface area contributed by atoms with Gasteiger partial charge in [-0.1, -0.05) is 0 Å². The van der Waals surface area contributed by atoms with Gasteiger partial charge in [0, 0.05) is 39.0 Å². The molecule has 0 aromatic heterocycles. The predicted octanol–water partition coefficient (Wildman–Crippen LogP) is -3.88. The van der Waals surface area contributed by atoms with E-state index in [1.54, 1.807) is 0 Å². The van der Waals surface area contributed by atoms with Gasteiger partial charge in [0.1, 0.15) is 12.3 Å². The fraction of sp³-hybridized carbons (Fsp3) is 0.667. The number of hydrogen-bond donors (Lipinski definition) is 8. The van der Waals surface area contributed by atoms with Gasteiger partial charge in [0.25, 0.3) is 0 Å². The second kappa shape index (κ2) is 17.3. The average Bonchev–Trinajstić information content (AvgIpc) is 2.72. The summed E-state index contributed by atoms with van der Waals surface area (Å²) in [7, 11) is 0. The van der Waals surface area contributed by atoms with E-state index >= 15 is 0 Å². The van der Waals surface area contributed by atoms with Gasteiger partial charge in [-0.15, -0.1) is 0 Å². The van der Waals surface area contributed by atoms with E-state index in [4.69, 9.17) is 28.7 Å². The number of carbonyl (C=O) groups is 4. The molecule has 0 aliphatic heterocycles. The van der Waals surface area contributed by atoms with Gasteiger partial charge in [-0.3, -0.25) is 24.4 Å². The van der Waals surface area contributed by atoms with Crippen molar-refractivity contribution in [1.82, 2.24) is 16.0 Å². The molecule has 0 saturated heterocycles. The number of nitrogens with zero attached hydrogens (tertiary/aromatic N) is 2. The standard InChI is InChI=1S/C18H36N10O4/c19-7-5-14(30)28-13(4-2-9-26-18(22)23)16(32)24-10-6-15(31)27-12(11-29)3-1-8-25-17(20)21/h11-13H,1-10,19H2,(H,24,32)(H,27,31)(H,28,30)(H4,20,21,25)(H4,22,23,26)/t12-,13-/m1/s1. The van der Waals surface area contributed by atoms with Crippen molar-refractivity contribution in [3.05, 3.63) is 0 Å². The number of aliphatic imine (C=N–C) groups is 2. The third-order valence-corrected chi connectivity index (χ3v) is 4.10. The lowest BCUT2D eigenvalue weighted by Gasteiger charge is -2.18. The third-order valence-electron chi connectivity index (χ3n) is 4.10. The molecule has 0 bridgehead atoms. The molecule has 14 heteroatoms. The summed E-state index contributed by atoms with van der Waals surface area (Å²) in [6.07, 6.45) is 2.32. The molecule has 0 rings (SSSR count). The average molecular weight is 457 g/mol. The van der Waals surface area contributed by atoms with Gasteiger partial charge in [-0.05, 0) is 25.7 Å². The lowest BCUT2D eigenvalue weighted by atomic mass is 10.1.